The standard InChI is InChI=1S/C17H17NO5/c1-11-12(6-8-21-11)17(20)23-10-16(19)18-14-7-9-22-15-5-3-2-4-13(14)15/h2-6,8,14H,7,9-10H2,1H3,(H,18,19). The molecule has 120 valence electrons. The molecule has 0 radical (unpaired) electrons. The van der Waals surface area contributed by atoms with E-state index in [-0.39, 0.29) is 18.6 Å². The van der Waals surface area contributed by atoms with Gasteiger partial charge in [-0.1, -0.05) is 18.2 Å². The number of carbonyl (C=O) groups excluding carboxylic acids is 2. The summed E-state index contributed by atoms with van der Waals surface area (Å²) in [4.78, 5) is 23.9. The number of amides is 1. The highest BCUT2D eigenvalue weighted by atomic mass is 16.5. The molecule has 23 heavy (non-hydrogen) atoms. The number of hydrogen-bond acceptors (Lipinski definition) is 5. The van der Waals surface area contributed by atoms with E-state index in [2.05, 4.69) is 5.32 Å². The number of carbonyl (C=O) groups is 2. The normalized spacial score (nSPS) is 16.1. The van der Waals surface area contributed by atoms with Crippen LogP contribution in [0.4, 0.5) is 0 Å². The fraction of sp³-hybridized carbons (Fsp3) is 0.294. The lowest BCUT2D eigenvalue weighted by Crippen LogP contribution is -2.35. The van der Waals surface area contributed by atoms with Crippen molar-refractivity contribution in [3.63, 3.8) is 0 Å². The second-order valence-corrected chi connectivity index (χ2v) is 5.26. The Hall–Kier alpha value is -2.76. The van der Waals surface area contributed by atoms with E-state index in [1.54, 1.807) is 6.92 Å². The number of nitrogens with one attached hydrogen (secondary N) is 1. The summed E-state index contributed by atoms with van der Waals surface area (Å²) in [5, 5.41) is 2.87. The van der Waals surface area contributed by atoms with E-state index in [1.165, 1.54) is 12.3 Å². The van der Waals surface area contributed by atoms with Gasteiger partial charge in [0.25, 0.3) is 5.91 Å². The zero-order chi connectivity index (χ0) is 16.2. The van der Waals surface area contributed by atoms with Crippen LogP contribution in [-0.4, -0.2) is 25.1 Å². The number of benzene rings is 1. The topological polar surface area (TPSA) is 77.8 Å². The molecule has 2 aromatic rings. The minimum Gasteiger partial charge on any atom is -0.493 e. The van der Waals surface area contributed by atoms with Gasteiger partial charge in [-0.25, -0.2) is 4.79 Å². The van der Waals surface area contributed by atoms with Crippen molar-refractivity contribution in [3.05, 3.63) is 53.5 Å². The maximum absolute atomic E-state index is 12.0. The summed E-state index contributed by atoms with van der Waals surface area (Å²) in [5.74, 6) is 0.323. The number of esters is 1. The highest BCUT2D eigenvalue weighted by molar-refractivity contribution is 5.92. The van der Waals surface area contributed by atoms with Crippen molar-refractivity contribution in [2.45, 2.75) is 19.4 Å². The molecule has 1 aromatic carbocycles. The highest BCUT2D eigenvalue weighted by Gasteiger charge is 2.23. The third kappa shape index (κ3) is 3.36. The van der Waals surface area contributed by atoms with Gasteiger partial charge < -0.3 is 19.2 Å². The largest absolute Gasteiger partial charge is 0.493 e. The van der Waals surface area contributed by atoms with Crippen LogP contribution < -0.4 is 10.1 Å². The first kappa shape index (κ1) is 15.1. The lowest BCUT2D eigenvalue weighted by Gasteiger charge is -2.26. The smallest absolute Gasteiger partial charge is 0.342 e. The molecule has 6 nitrogen and oxygen atoms in total. The Morgan fingerprint density at radius 1 is 1.30 bits per heavy atom. The average molecular weight is 315 g/mol. The van der Waals surface area contributed by atoms with Crippen LogP contribution in [0.2, 0.25) is 0 Å². The van der Waals surface area contributed by atoms with E-state index in [0.717, 1.165) is 11.3 Å². The Kier molecular flexibility index (Phi) is 4.32. The van der Waals surface area contributed by atoms with Crippen LogP contribution in [0.15, 0.2) is 41.0 Å². The first-order valence-electron chi connectivity index (χ1n) is 7.37. The molecule has 2 heterocycles. The van der Waals surface area contributed by atoms with Crippen molar-refractivity contribution < 1.29 is 23.5 Å². The maximum Gasteiger partial charge on any atom is 0.342 e. The molecular weight excluding hydrogens is 298 g/mol. The molecule has 0 spiro atoms. The lowest BCUT2D eigenvalue weighted by atomic mass is 10.0. The van der Waals surface area contributed by atoms with Crippen molar-refractivity contribution >= 4 is 11.9 Å². The molecule has 0 saturated carbocycles. The molecule has 1 aliphatic rings. The molecule has 3 rings (SSSR count). The Labute approximate surface area is 133 Å². The number of para-hydroxylation sites is 1. The van der Waals surface area contributed by atoms with Gasteiger partial charge in [0.15, 0.2) is 6.61 Å². The molecule has 0 bridgehead atoms. The summed E-state index contributed by atoms with van der Waals surface area (Å²) in [5.41, 5.74) is 1.26. The van der Waals surface area contributed by atoms with Gasteiger partial charge in [0.05, 0.1) is 18.9 Å². The van der Waals surface area contributed by atoms with Crippen LogP contribution in [0.25, 0.3) is 0 Å². The van der Waals surface area contributed by atoms with Gasteiger partial charge >= 0.3 is 5.97 Å². The van der Waals surface area contributed by atoms with Crippen LogP contribution in [-0.2, 0) is 9.53 Å². The number of ether oxygens (including phenoxy) is 2. The predicted octanol–water partition coefficient (Wildman–Crippen LogP) is 2.38. The van der Waals surface area contributed by atoms with Gasteiger partial charge in [0.2, 0.25) is 0 Å². The minimum absolute atomic E-state index is 0.137. The summed E-state index contributed by atoms with van der Waals surface area (Å²) >= 11 is 0. The average Bonchev–Trinajstić information content (AvgIpc) is 2.99. The summed E-state index contributed by atoms with van der Waals surface area (Å²) in [6.07, 6.45) is 2.09. The van der Waals surface area contributed by atoms with Crippen molar-refractivity contribution in [1.29, 1.82) is 0 Å². The first-order valence-corrected chi connectivity index (χ1v) is 7.37. The molecule has 0 aliphatic carbocycles. The molecule has 0 fully saturated rings. The maximum atomic E-state index is 12.0. The molecule has 0 saturated heterocycles. The molecule has 1 amide bonds. The van der Waals surface area contributed by atoms with E-state index in [0.29, 0.717) is 24.4 Å². The van der Waals surface area contributed by atoms with E-state index in [9.17, 15) is 9.59 Å². The predicted molar refractivity (Wildman–Crippen MR) is 81.2 cm³/mol. The van der Waals surface area contributed by atoms with Gasteiger partial charge in [-0.05, 0) is 19.1 Å². The Morgan fingerprint density at radius 2 is 2.13 bits per heavy atom. The van der Waals surface area contributed by atoms with Gasteiger partial charge in [0.1, 0.15) is 17.1 Å². The Balaban J connectivity index is 1.56. The molecule has 1 aliphatic heterocycles. The molecular formula is C17H17NO5. The zero-order valence-corrected chi connectivity index (χ0v) is 12.7. The van der Waals surface area contributed by atoms with Gasteiger partial charge in [-0.3, -0.25) is 4.79 Å². The summed E-state index contributed by atoms with van der Waals surface area (Å²) in [6.45, 7) is 1.87. The molecule has 1 N–H and O–H groups in total. The third-order valence-electron chi connectivity index (χ3n) is 3.71. The summed E-state index contributed by atoms with van der Waals surface area (Å²) < 4.78 is 15.6. The third-order valence-corrected chi connectivity index (χ3v) is 3.71. The number of fused-ring (bicyclic) bond motifs is 1. The fourth-order valence-electron chi connectivity index (χ4n) is 2.53. The number of rotatable bonds is 4. The van der Waals surface area contributed by atoms with E-state index < -0.39 is 5.97 Å². The fourth-order valence-corrected chi connectivity index (χ4v) is 2.53. The van der Waals surface area contributed by atoms with Crippen LogP contribution in [0.3, 0.4) is 0 Å². The van der Waals surface area contributed by atoms with Crippen LogP contribution in [0.5, 0.6) is 5.75 Å². The molecule has 1 unspecified atom stereocenters. The molecule has 1 aromatic heterocycles. The summed E-state index contributed by atoms with van der Waals surface area (Å²) in [6, 6.07) is 8.95. The molecule has 6 heteroatoms. The second-order valence-electron chi connectivity index (χ2n) is 5.26. The van der Waals surface area contributed by atoms with E-state index in [1.807, 2.05) is 24.3 Å². The highest BCUT2D eigenvalue weighted by Crippen LogP contribution is 2.31. The van der Waals surface area contributed by atoms with Crippen LogP contribution >= 0.6 is 0 Å². The molecule has 1 atom stereocenters. The van der Waals surface area contributed by atoms with Gasteiger partial charge in [0, 0.05) is 12.0 Å². The van der Waals surface area contributed by atoms with E-state index in [4.69, 9.17) is 13.9 Å². The SMILES string of the molecule is Cc1occc1C(=O)OCC(=O)NC1CCOc2ccccc21. The van der Waals surface area contributed by atoms with Gasteiger partial charge in [-0.15, -0.1) is 0 Å². The van der Waals surface area contributed by atoms with Crippen molar-refractivity contribution in [3.8, 4) is 5.75 Å². The van der Waals surface area contributed by atoms with Gasteiger partial charge in [-0.2, -0.15) is 0 Å². The lowest BCUT2D eigenvalue weighted by molar-refractivity contribution is -0.125. The number of furan rings is 1. The summed E-state index contributed by atoms with van der Waals surface area (Å²) in [7, 11) is 0. The number of aryl methyl sites for hydroxylation is 1. The van der Waals surface area contributed by atoms with Crippen molar-refractivity contribution in [2.75, 3.05) is 13.2 Å². The van der Waals surface area contributed by atoms with Crippen molar-refractivity contribution in [1.82, 2.24) is 5.32 Å². The number of hydrogen-bond donors (Lipinski definition) is 1. The van der Waals surface area contributed by atoms with Crippen LogP contribution in [0.1, 0.15) is 34.1 Å². The second kappa shape index (κ2) is 6.56. The quantitative estimate of drug-likeness (QED) is 0.877. The Bertz CT molecular complexity index is 721. The zero-order valence-electron chi connectivity index (χ0n) is 12.7. The Morgan fingerprint density at radius 3 is 2.91 bits per heavy atom. The van der Waals surface area contributed by atoms with Crippen molar-refractivity contribution in [2.24, 2.45) is 0 Å². The van der Waals surface area contributed by atoms with E-state index >= 15 is 0 Å². The first-order chi connectivity index (χ1) is 11.1. The minimum atomic E-state index is -0.571. The van der Waals surface area contributed by atoms with Crippen LogP contribution in [0, 0.1) is 6.92 Å². The monoisotopic (exact) mass is 315 g/mol.